The first-order valence-electron chi connectivity index (χ1n) is 10.2. The fraction of sp³-hybridized carbons (Fsp3) is 0.609. The molecule has 0 spiro atoms. The van der Waals surface area contributed by atoms with E-state index in [1.54, 1.807) is 6.92 Å². The zero-order chi connectivity index (χ0) is 20.6. The fourth-order valence-corrected chi connectivity index (χ4v) is 4.83. The van der Waals surface area contributed by atoms with Crippen LogP contribution in [-0.2, 0) is 11.2 Å². The number of aryl methyl sites for hydroxylation is 1. The van der Waals surface area contributed by atoms with Crippen molar-refractivity contribution in [1.29, 1.82) is 0 Å². The van der Waals surface area contributed by atoms with Gasteiger partial charge in [-0.1, -0.05) is 31.9 Å². The number of methoxy groups -OCH3 is 1. The summed E-state index contributed by atoms with van der Waals surface area (Å²) >= 11 is 0. The van der Waals surface area contributed by atoms with Gasteiger partial charge in [0.1, 0.15) is 23.2 Å². The third-order valence-corrected chi connectivity index (χ3v) is 6.38. The number of aromatic hydroxyl groups is 1. The summed E-state index contributed by atoms with van der Waals surface area (Å²) < 4.78 is 11.2. The number of unbranched alkanes of at least 4 members (excludes halogenated alkanes) is 2. The number of carbonyl (C=O) groups excluding carboxylic acids is 1. The van der Waals surface area contributed by atoms with E-state index in [-0.39, 0.29) is 23.1 Å². The minimum Gasteiger partial charge on any atom is -0.507 e. The van der Waals surface area contributed by atoms with Crippen molar-refractivity contribution in [2.24, 2.45) is 5.92 Å². The molecule has 1 aliphatic heterocycles. The van der Waals surface area contributed by atoms with E-state index in [4.69, 9.17) is 9.47 Å². The van der Waals surface area contributed by atoms with E-state index in [9.17, 15) is 15.0 Å². The summed E-state index contributed by atoms with van der Waals surface area (Å²) in [6.07, 6.45) is 4.58. The van der Waals surface area contributed by atoms with Crippen molar-refractivity contribution in [3.05, 3.63) is 34.9 Å². The maximum absolute atomic E-state index is 12.5. The summed E-state index contributed by atoms with van der Waals surface area (Å²) in [6, 6.07) is 1.86. The average Bonchev–Trinajstić information content (AvgIpc) is 3.02. The van der Waals surface area contributed by atoms with Crippen molar-refractivity contribution in [3.63, 3.8) is 0 Å². The molecule has 2 aliphatic rings. The number of phenolic OH excluding ortho intramolecular Hbond substituents is 1. The topological polar surface area (TPSA) is 76.0 Å². The van der Waals surface area contributed by atoms with Crippen molar-refractivity contribution in [1.82, 2.24) is 0 Å². The number of aliphatic hydroxyl groups is 1. The monoisotopic (exact) mass is 388 g/mol. The molecule has 4 atom stereocenters. The lowest BCUT2D eigenvalue weighted by atomic mass is 9.66. The van der Waals surface area contributed by atoms with Crippen LogP contribution in [0.2, 0.25) is 0 Å². The van der Waals surface area contributed by atoms with Gasteiger partial charge in [0, 0.05) is 11.5 Å². The van der Waals surface area contributed by atoms with Crippen LogP contribution in [0.5, 0.6) is 11.5 Å². The molecule has 0 unspecified atom stereocenters. The zero-order valence-corrected chi connectivity index (χ0v) is 17.4. The standard InChI is InChI=1S/C23H32O5/c1-6-7-8-9-14-12-16-19(20(24)17(14)22(25)27-5)18-15(13(2)3)10-11-23(4,26)21(18)28-16/h12,15,18,21,24,26H,2,6-11H2,1,3-5H3/t15-,18+,21-,23-/m0/s1. The molecule has 1 heterocycles. The minimum atomic E-state index is -1.00. The molecule has 0 aromatic heterocycles. The van der Waals surface area contributed by atoms with Crippen molar-refractivity contribution >= 4 is 5.97 Å². The molecule has 0 radical (unpaired) electrons. The number of ether oxygens (including phenoxy) is 2. The molecule has 1 saturated carbocycles. The van der Waals surface area contributed by atoms with Crippen LogP contribution in [0.1, 0.15) is 80.3 Å². The first-order valence-corrected chi connectivity index (χ1v) is 10.2. The number of benzene rings is 1. The third-order valence-electron chi connectivity index (χ3n) is 6.38. The molecule has 5 heteroatoms. The molecule has 154 valence electrons. The van der Waals surface area contributed by atoms with Crippen molar-refractivity contribution in [2.45, 2.75) is 76.9 Å². The quantitative estimate of drug-likeness (QED) is 0.426. The zero-order valence-electron chi connectivity index (χ0n) is 17.4. The van der Waals surface area contributed by atoms with Crippen LogP contribution in [-0.4, -0.2) is 35.0 Å². The van der Waals surface area contributed by atoms with E-state index in [0.717, 1.165) is 36.8 Å². The first kappa shape index (κ1) is 20.7. The molecule has 1 aromatic rings. The van der Waals surface area contributed by atoms with Gasteiger partial charge in [-0.2, -0.15) is 0 Å². The molecule has 0 bridgehead atoms. The van der Waals surface area contributed by atoms with E-state index in [1.807, 2.05) is 13.0 Å². The normalized spacial score (nSPS) is 28.2. The Hall–Kier alpha value is -2.01. The highest BCUT2D eigenvalue weighted by molar-refractivity contribution is 5.95. The highest BCUT2D eigenvalue weighted by Crippen LogP contribution is 2.57. The number of carbonyl (C=O) groups is 1. The van der Waals surface area contributed by atoms with Gasteiger partial charge in [-0.05, 0) is 57.1 Å². The van der Waals surface area contributed by atoms with Gasteiger partial charge >= 0.3 is 5.97 Å². The number of hydrogen-bond donors (Lipinski definition) is 2. The van der Waals surface area contributed by atoms with Gasteiger partial charge in [0.15, 0.2) is 0 Å². The van der Waals surface area contributed by atoms with Crippen LogP contribution >= 0.6 is 0 Å². The molecule has 1 aliphatic carbocycles. The van der Waals surface area contributed by atoms with Crippen LogP contribution in [0.3, 0.4) is 0 Å². The molecule has 5 nitrogen and oxygen atoms in total. The van der Waals surface area contributed by atoms with Crippen LogP contribution < -0.4 is 4.74 Å². The highest BCUT2D eigenvalue weighted by Gasteiger charge is 2.54. The second-order valence-electron chi connectivity index (χ2n) is 8.53. The lowest BCUT2D eigenvalue weighted by Crippen LogP contribution is -2.50. The number of phenols is 1. The van der Waals surface area contributed by atoms with Gasteiger partial charge in [-0.3, -0.25) is 0 Å². The molecule has 3 rings (SSSR count). The second kappa shape index (κ2) is 7.78. The SMILES string of the molecule is C=C(C)[C@@H]1CC[C@](C)(O)[C@H]2Oc3cc(CCCCC)c(C(=O)OC)c(O)c3[C@@H]12. The molecular weight excluding hydrogens is 356 g/mol. The minimum absolute atomic E-state index is 0.0627. The Morgan fingerprint density at radius 2 is 2.14 bits per heavy atom. The van der Waals surface area contributed by atoms with E-state index in [0.29, 0.717) is 24.2 Å². The van der Waals surface area contributed by atoms with Crippen molar-refractivity contribution in [2.75, 3.05) is 7.11 Å². The number of allylic oxidation sites excluding steroid dienone is 1. The van der Waals surface area contributed by atoms with Gasteiger partial charge in [-0.15, -0.1) is 0 Å². The van der Waals surface area contributed by atoms with E-state index in [1.165, 1.54) is 7.11 Å². The maximum Gasteiger partial charge on any atom is 0.341 e. The lowest BCUT2D eigenvalue weighted by Gasteiger charge is -2.42. The van der Waals surface area contributed by atoms with Crippen LogP contribution in [0.15, 0.2) is 18.2 Å². The van der Waals surface area contributed by atoms with Crippen LogP contribution in [0, 0.1) is 5.92 Å². The molecule has 0 saturated heterocycles. The van der Waals surface area contributed by atoms with Gasteiger partial charge in [0.25, 0.3) is 0 Å². The molecular formula is C23H32O5. The van der Waals surface area contributed by atoms with Gasteiger partial charge < -0.3 is 19.7 Å². The lowest BCUT2D eigenvalue weighted by molar-refractivity contribution is -0.0824. The Bertz CT molecular complexity index is 780. The van der Waals surface area contributed by atoms with Gasteiger partial charge in [0.05, 0.1) is 12.7 Å². The summed E-state index contributed by atoms with van der Waals surface area (Å²) in [5.41, 5.74) is 1.56. The number of esters is 1. The summed E-state index contributed by atoms with van der Waals surface area (Å²) in [4.78, 5) is 12.5. The molecule has 2 N–H and O–H groups in total. The summed E-state index contributed by atoms with van der Waals surface area (Å²) in [7, 11) is 1.33. The van der Waals surface area contributed by atoms with E-state index < -0.39 is 17.7 Å². The molecule has 1 aromatic carbocycles. The molecule has 1 fully saturated rings. The van der Waals surface area contributed by atoms with E-state index >= 15 is 0 Å². The van der Waals surface area contributed by atoms with Crippen LogP contribution in [0.25, 0.3) is 0 Å². The second-order valence-corrected chi connectivity index (χ2v) is 8.53. The van der Waals surface area contributed by atoms with Crippen molar-refractivity contribution in [3.8, 4) is 11.5 Å². The molecule has 0 amide bonds. The first-order chi connectivity index (χ1) is 13.2. The van der Waals surface area contributed by atoms with Crippen LogP contribution in [0.4, 0.5) is 0 Å². The number of rotatable bonds is 6. The van der Waals surface area contributed by atoms with Gasteiger partial charge in [-0.25, -0.2) is 4.79 Å². The third kappa shape index (κ3) is 3.41. The van der Waals surface area contributed by atoms with Gasteiger partial charge in [0.2, 0.25) is 0 Å². The smallest absolute Gasteiger partial charge is 0.341 e. The predicted molar refractivity (Wildman–Crippen MR) is 108 cm³/mol. The summed E-state index contributed by atoms with van der Waals surface area (Å²) in [6.45, 7) is 9.99. The van der Waals surface area contributed by atoms with Crippen molar-refractivity contribution < 1.29 is 24.5 Å². The summed E-state index contributed by atoms with van der Waals surface area (Å²) in [5.74, 6) is -0.185. The number of hydrogen-bond acceptors (Lipinski definition) is 5. The van der Waals surface area contributed by atoms with E-state index in [2.05, 4.69) is 13.5 Å². The maximum atomic E-state index is 12.5. The Kier molecular flexibility index (Phi) is 5.76. The fourth-order valence-electron chi connectivity index (χ4n) is 4.83. The number of fused-ring (bicyclic) bond motifs is 3. The average molecular weight is 389 g/mol. The molecule has 28 heavy (non-hydrogen) atoms. The Labute approximate surface area is 167 Å². The largest absolute Gasteiger partial charge is 0.507 e. The predicted octanol–water partition coefficient (Wildman–Crippen LogP) is 4.49. The Morgan fingerprint density at radius 1 is 1.43 bits per heavy atom. The summed E-state index contributed by atoms with van der Waals surface area (Å²) in [5, 5.41) is 22.1. The highest BCUT2D eigenvalue weighted by atomic mass is 16.5. The Balaban J connectivity index is 2.14. The Morgan fingerprint density at radius 3 is 2.75 bits per heavy atom.